The highest BCUT2D eigenvalue weighted by Crippen LogP contribution is 2.39. The number of alkyl halides is 2. The van der Waals surface area contributed by atoms with Gasteiger partial charge >= 0.3 is 0 Å². The lowest BCUT2D eigenvalue weighted by Gasteiger charge is -2.17. The maximum absolute atomic E-state index is 13.5. The summed E-state index contributed by atoms with van der Waals surface area (Å²) in [6.07, 6.45) is 3.40. The maximum Gasteiger partial charge on any atom is 0.264 e. The van der Waals surface area contributed by atoms with Gasteiger partial charge in [-0.1, -0.05) is 0 Å². The number of thiophene rings is 1. The minimum atomic E-state index is -2.57. The van der Waals surface area contributed by atoms with Gasteiger partial charge in [-0.3, -0.25) is 4.79 Å². The van der Waals surface area contributed by atoms with Gasteiger partial charge in [-0.15, -0.1) is 11.3 Å². The SMILES string of the molecule is COc1cc(CN(C)C(=O)c2sc3ncnc(NCC4CCC(F)(F)C4)c3c2C)ccn1. The summed E-state index contributed by atoms with van der Waals surface area (Å²) < 4.78 is 32.1. The predicted octanol–water partition coefficient (Wildman–Crippen LogP) is 4.52. The molecule has 3 heterocycles. The van der Waals surface area contributed by atoms with Crippen LogP contribution in [-0.2, 0) is 6.54 Å². The van der Waals surface area contributed by atoms with Gasteiger partial charge in [-0.2, -0.15) is 0 Å². The zero-order chi connectivity index (χ0) is 22.9. The molecule has 0 saturated heterocycles. The van der Waals surface area contributed by atoms with E-state index in [1.54, 1.807) is 31.3 Å². The first-order valence-electron chi connectivity index (χ1n) is 10.4. The molecule has 0 aromatic carbocycles. The van der Waals surface area contributed by atoms with Gasteiger partial charge in [0.1, 0.15) is 17.0 Å². The Morgan fingerprint density at radius 1 is 1.38 bits per heavy atom. The van der Waals surface area contributed by atoms with E-state index in [2.05, 4.69) is 20.3 Å². The number of rotatable bonds is 7. The van der Waals surface area contributed by atoms with E-state index in [-0.39, 0.29) is 24.7 Å². The molecule has 1 unspecified atom stereocenters. The Bertz CT molecular complexity index is 1140. The topological polar surface area (TPSA) is 80.2 Å². The van der Waals surface area contributed by atoms with Crippen molar-refractivity contribution < 1.29 is 18.3 Å². The lowest BCUT2D eigenvalue weighted by Crippen LogP contribution is -2.26. The first-order valence-corrected chi connectivity index (χ1v) is 11.2. The zero-order valence-electron chi connectivity index (χ0n) is 18.2. The largest absolute Gasteiger partial charge is 0.481 e. The summed E-state index contributed by atoms with van der Waals surface area (Å²) in [7, 11) is 3.29. The van der Waals surface area contributed by atoms with E-state index >= 15 is 0 Å². The second-order valence-corrected chi connectivity index (χ2v) is 9.17. The van der Waals surface area contributed by atoms with E-state index < -0.39 is 5.92 Å². The Hall–Kier alpha value is -2.88. The number of nitrogens with zero attached hydrogens (tertiary/aromatic N) is 4. The Morgan fingerprint density at radius 2 is 2.19 bits per heavy atom. The molecular weight excluding hydrogens is 436 g/mol. The fraction of sp³-hybridized carbons (Fsp3) is 0.455. The molecule has 0 bridgehead atoms. The summed E-state index contributed by atoms with van der Waals surface area (Å²) in [6.45, 7) is 2.69. The van der Waals surface area contributed by atoms with Gasteiger partial charge in [-0.25, -0.2) is 23.7 Å². The van der Waals surface area contributed by atoms with Crippen LogP contribution in [0.1, 0.15) is 40.1 Å². The van der Waals surface area contributed by atoms with Crippen molar-refractivity contribution in [3.8, 4) is 5.88 Å². The van der Waals surface area contributed by atoms with Gasteiger partial charge in [0.25, 0.3) is 5.91 Å². The molecule has 0 aliphatic heterocycles. The number of fused-ring (bicyclic) bond motifs is 1. The summed E-state index contributed by atoms with van der Waals surface area (Å²) >= 11 is 1.31. The summed E-state index contributed by atoms with van der Waals surface area (Å²) in [5, 5.41) is 3.99. The first-order chi connectivity index (χ1) is 15.3. The van der Waals surface area contributed by atoms with Crippen molar-refractivity contribution in [2.45, 2.75) is 38.7 Å². The number of pyridine rings is 1. The number of aryl methyl sites for hydroxylation is 1. The van der Waals surface area contributed by atoms with Crippen molar-refractivity contribution in [3.63, 3.8) is 0 Å². The Labute approximate surface area is 188 Å². The fourth-order valence-corrected chi connectivity index (χ4v) is 5.19. The van der Waals surface area contributed by atoms with Crippen LogP contribution in [0, 0.1) is 12.8 Å². The van der Waals surface area contributed by atoms with Gasteiger partial charge in [-0.05, 0) is 36.5 Å². The molecule has 1 aliphatic rings. The summed E-state index contributed by atoms with van der Waals surface area (Å²) in [5.41, 5.74) is 1.69. The third-order valence-electron chi connectivity index (χ3n) is 5.76. The number of nitrogens with one attached hydrogen (secondary N) is 1. The number of halogens is 2. The molecular formula is C22H25F2N5O2S. The van der Waals surface area contributed by atoms with E-state index in [0.717, 1.165) is 16.5 Å². The smallest absolute Gasteiger partial charge is 0.264 e. The average Bonchev–Trinajstić information content (AvgIpc) is 3.30. The lowest BCUT2D eigenvalue weighted by atomic mass is 10.1. The average molecular weight is 462 g/mol. The van der Waals surface area contributed by atoms with E-state index in [1.807, 2.05) is 13.0 Å². The van der Waals surface area contributed by atoms with Crippen LogP contribution in [0.2, 0.25) is 0 Å². The van der Waals surface area contributed by atoms with Crippen LogP contribution < -0.4 is 10.1 Å². The van der Waals surface area contributed by atoms with Crippen molar-refractivity contribution in [2.24, 2.45) is 5.92 Å². The molecule has 1 fully saturated rings. The van der Waals surface area contributed by atoms with Gasteiger partial charge in [0.15, 0.2) is 0 Å². The number of aromatic nitrogens is 3. The van der Waals surface area contributed by atoms with E-state index in [0.29, 0.717) is 40.9 Å². The molecule has 0 radical (unpaired) electrons. The van der Waals surface area contributed by atoms with Crippen LogP contribution in [0.4, 0.5) is 14.6 Å². The van der Waals surface area contributed by atoms with E-state index in [4.69, 9.17) is 4.74 Å². The molecule has 1 amide bonds. The highest BCUT2D eigenvalue weighted by Gasteiger charge is 2.39. The summed E-state index contributed by atoms with van der Waals surface area (Å²) in [5.74, 6) is -1.72. The number of hydrogen-bond acceptors (Lipinski definition) is 7. The minimum absolute atomic E-state index is 0.0651. The molecule has 170 valence electrons. The number of hydrogen-bond donors (Lipinski definition) is 1. The van der Waals surface area contributed by atoms with Crippen LogP contribution in [-0.4, -0.2) is 52.4 Å². The Kier molecular flexibility index (Phi) is 6.23. The van der Waals surface area contributed by atoms with Crippen LogP contribution in [0.5, 0.6) is 5.88 Å². The number of carbonyl (C=O) groups excluding carboxylic acids is 1. The zero-order valence-corrected chi connectivity index (χ0v) is 19.0. The standard InChI is InChI=1S/C22H25F2N5O2S/c1-13-17-19(26-10-15-4-6-22(23,24)9-15)27-12-28-20(17)32-18(13)21(30)29(2)11-14-5-7-25-16(8-14)31-3/h5,7-8,12,15H,4,6,9-11H2,1-3H3,(H,26,27,28). The molecule has 4 rings (SSSR count). The van der Waals surface area contributed by atoms with Crippen molar-refractivity contribution in [2.75, 3.05) is 26.0 Å². The highest BCUT2D eigenvalue weighted by atomic mass is 32.1. The molecule has 7 nitrogen and oxygen atoms in total. The second-order valence-electron chi connectivity index (χ2n) is 8.17. The third kappa shape index (κ3) is 4.64. The summed E-state index contributed by atoms with van der Waals surface area (Å²) in [6, 6.07) is 3.63. The molecule has 1 atom stereocenters. The van der Waals surface area contributed by atoms with Crippen LogP contribution in [0.15, 0.2) is 24.7 Å². The Balaban J connectivity index is 1.52. The van der Waals surface area contributed by atoms with Crippen molar-refractivity contribution in [1.29, 1.82) is 0 Å². The van der Waals surface area contributed by atoms with Crippen LogP contribution in [0.25, 0.3) is 10.2 Å². The summed E-state index contributed by atoms with van der Waals surface area (Å²) in [4.78, 5) is 28.8. The van der Waals surface area contributed by atoms with Crippen LogP contribution in [0.3, 0.4) is 0 Å². The van der Waals surface area contributed by atoms with Crippen molar-refractivity contribution in [1.82, 2.24) is 19.9 Å². The van der Waals surface area contributed by atoms with Crippen molar-refractivity contribution in [3.05, 3.63) is 40.7 Å². The van der Waals surface area contributed by atoms with Gasteiger partial charge in [0.05, 0.1) is 17.4 Å². The predicted molar refractivity (Wildman–Crippen MR) is 120 cm³/mol. The highest BCUT2D eigenvalue weighted by molar-refractivity contribution is 7.20. The first kappa shape index (κ1) is 22.3. The fourth-order valence-electron chi connectivity index (χ4n) is 4.05. The minimum Gasteiger partial charge on any atom is -0.481 e. The number of carbonyl (C=O) groups is 1. The molecule has 1 saturated carbocycles. The van der Waals surface area contributed by atoms with Gasteiger partial charge in [0, 0.05) is 45.2 Å². The molecule has 0 spiro atoms. The molecule has 10 heteroatoms. The van der Waals surface area contributed by atoms with Gasteiger partial charge < -0.3 is 15.0 Å². The van der Waals surface area contributed by atoms with Crippen LogP contribution >= 0.6 is 11.3 Å². The van der Waals surface area contributed by atoms with Crippen molar-refractivity contribution >= 4 is 33.3 Å². The molecule has 1 N–H and O–H groups in total. The monoisotopic (exact) mass is 461 g/mol. The molecule has 32 heavy (non-hydrogen) atoms. The second kappa shape index (κ2) is 8.93. The molecule has 3 aromatic heterocycles. The van der Waals surface area contributed by atoms with Gasteiger partial charge in [0.2, 0.25) is 11.8 Å². The lowest BCUT2D eigenvalue weighted by molar-refractivity contribution is 0.00555. The normalized spacial score (nSPS) is 17.5. The molecule has 3 aromatic rings. The number of ether oxygens (including phenoxy) is 1. The molecule has 1 aliphatic carbocycles. The number of methoxy groups -OCH3 is 1. The maximum atomic E-state index is 13.5. The third-order valence-corrected chi connectivity index (χ3v) is 6.95. The number of amides is 1. The van der Waals surface area contributed by atoms with E-state index in [9.17, 15) is 13.6 Å². The quantitative estimate of drug-likeness (QED) is 0.557. The number of anilines is 1. The van der Waals surface area contributed by atoms with E-state index in [1.165, 1.54) is 17.7 Å². The Morgan fingerprint density at radius 3 is 2.91 bits per heavy atom.